The second-order valence-corrected chi connectivity index (χ2v) is 6.24. The van der Waals surface area contributed by atoms with Crippen molar-refractivity contribution in [3.8, 4) is 17.1 Å². The lowest BCUT2D eigenvalue weighted by molar-refractivity contribution is -0.117. The highest BCUT2D eigenvalue weighted by Crippen LogP contribution is 2.33. The predicted octanol–water partition coefficient (Wildman–Crippen LogP) is 1.92. The van der Waals surface area contributed by atoms with Crippen LogP contribution in [0.25, 0.3) is 11.4 Å². The molecule has 0 saturated carbocycles. The van der Waals surface area contributed by atoms with Crippen molar-refractivity contribution in [3.05, 3.63) is 42.0 Å². The van der Waals surface area contributed by atoms with E-state index in [1.165, 1.54) is 0 Å². The summed E-state index contributed by atoms with van der Waals surface area (Å²) in [5, 5.41) is 10.7. The number of aromatic amines is 1. The van der Waals surface area contributed by atoms with Gasteiger partial charge in [0.1, 0.15) is 5.75 Å². The Labute approximate surface area is 142 Å². The quantitative estimate of drug-likeness (QED) is 0.784. The molecular weight excluding hydrogens is 322 g/mol. The number of amides is 1. The third kappa shape index (κ3) is 2.37. The molecule has 2 aliphatic rings. The van der Waals surface area contributed by atoms with Gasteiger partial charge in [-0.15, -0.1) is 0 Å². The normalized spacial score (nSPS) is 19.3. The molecular formula is C17H15N5O3. The maximum absolute atomic E-state index is 12.2. The van der Waals surface area contributed by atoms with E-state index < -0.39 is 0 Å². The van der Waals surface area contributed by atoms with Crippen LogP contribution in [-0.4, -0.2) is 39.4 Å². The number of H-pyrrole nitrogens is 1. The predicted molar refractivity (Wildman–Crippen MR) is 87.2 cm³/mol. The SMILES string of the molecule is O=C1CC(c2nc(-c3ccc4c(c3)CCO4)no2)CN1c1cn[nH]c1. The largest absolute Gasteiger partial charge is 0.493 e. The Bertz CT molecular complexity index is 934. The van der Waals surface area contributed by atoms with Crippen LogP contribution >= 0.6 is 0 Å². The molecule has 0 spiro atoms. The van der Waals surface area contributed by atoms with E-state index in [9.17, 15) is 4.79 Å². The second-order valence-electron chi connectivity index (χ2n) is 6.24. The lowest BCUT2D eigenvalue weighted by Gasteiger charge is -2.12. The molecule has 8 nitrogen and oxygen atoms in total. The van der Waals surface area contributed by atoms with E-state index in [1.54, 1.807) is 17.3 Å². The first-order valence-electron chi connectivity index (χ1n) is 8.17. The summed E-state index contributed by atoms with van der Waals surface area (Å²) in [7, 11) is 0. The van der Waals surface area contributed by atoms with E-state index in [-0.39, 0.29) is 11.8 Å². The second kappa shape index (κ2) is 5.44. The third-order valence-electron chi connectivity index (χ3n) is 4.66. The lowest BCUT2D eigenvalue weighted by Crippen LogP contribution is -2.23. The summed E-state index contributed by atoms with van der Waals surface area (Å²) in [5.74, 6) is 1.87. The molecule has 1 aromatic carbocycles. The topological polar surface area (TPSA) is 97.1 Å². The van der Waals surface area contributed by atoms with Gasteiger partial charge in [-0.2, -0.15) is 10.1 Å². The molecule has 126 valence electrons. The zero-order valence-electron chi connectivity index (χ0n) is 13.3. The van der Waals surface area contributed by atoms with Gasteiger partial charge in [0, 0.05) is 31.1 Å². The summed E-state index contributed by atoms with van der Waals surface area (Å²) < 4.78 is 11.0. The number of benzene rings is 1. The average molecular weight is 337 g/mol. The molecule has 1 fully saturated rings. The molecule has 8 heteroatoms. The fourth-order valence-electron chi connectivity index (χ4n) is 3.36. The van der Waals surface area contributed by atoms with Gasteiger partial charge < -0.3 is 14.2 Å². The Hall–Kier alpha value is -3.16. The van der Waals surface area contributed by atoms with Crippen LogP contribution in [0.3, 0.4) is 0 Å². The Morgan fingerprint density at radius 3 is 3.16 bits per heavy atom. The number of nitrogens with one attached hydrogen (secondary N) is 1. The molecule has 0 aliphatic carbocycles. The lowest BCUT2D eigenvalue weighted by atomic mass is 10.1. The molecule has 0 radical (unpaired) electrons. The Morgan fingerprint density at radius 1 is 1.32 bits per heavy atom. The van der Waals surface area contributed by atoms with E-state index in [0.29, 0.717) is 31.3 Å². The van der Waals surface area contributed by atoms with Crippen LogP contribution in [0.1, 0.15) is 23.8 Å². The molecule has 4 heterocycles. The number of nitrogens with zero attached hydrogens (tertiary/aromatic N) is 4. The van der Waals surface area contributed by atoms with Gasteiger partial charge in [0.05, 0.1) is 24.4 Å². The highest BCUT2D eigenvalue weighted by molar-refractivity contribution is 5.96. The van der Waals surface area contributed by atoms with Crippen molar-refractivity contribution in [2.24, 2.45) is 0 Å². The van der Waals surface area contributed by atoms with Gasteiger partial charge in [0.25, 0.3) is 0 Å². The fourth-order valence-corrected chi connectivity index (χ4v) is 3.36. The Kier molecular flexibility index (Phi) is 3.09. The highest BCUT2D eigenvalue weighted by atomic mass is 16.5. The maximum Gasteiger partial charge on any atom is 0.232 e. The number of carbonyl (C=O) groups excluding carboxylic acids is 1. The van der Waals surface area contributed by atoms with Gasteiger partial charge in [-0.25, -0.2) is 0 Å². The smallest absolute Gasteiger partial charge is 0.232 e. The van der Waals surface area contributed by atoms with Crippen molar-refractivity contribution in [1.29, 1.82) is 0 Å². The zero-order valence-corrected chi connectivity index (χ0v) is 13.3. The monoisotopic (exact) mass is 337 g/mol. The number of carbonyl (C=O) groups is 1. The van der Waals surface area contributed by atoms with Crippen LogP contribution in [-0.2, 0) is 11.2 Å². The maximum atomic E-state index is 12.2. The van der Waals surface area contributed by atoms with Gasteiger partial charge in [-0.05, 0) is 23.8 Å². The van der Waals surface area contributed by atoms with Gasteiger partial charge in [0.2, 0.25) is 17.6 Å². The molecule has 1 unspecified atom stereocenters. The molecule has 2 aliphatic heterocycles. The van der Waals surface area contributed by atoms with E-state index in [1.807, 2.05) is 18.2 Å². The molecule has 1 atom stereocenters. The minimum atomic E-state index is -0.110. The van der Waals surface area contributed by atoms with Gasteiger partial charge in [0.15, 0.2) is 0 Å². The fraction of sp³-hybridized carbons (Fsp3) is 0.294. The first kappa shape index (κ1) is 14.2. The number of hydrogen-bond acceptors (Lipinski definition) is 6. The Balaban J connectivity index is 1.39. The third-order valence-corrected chi connectivity index (χ3v) is 4.66. The molecule has 1 amide bonds. The van der Waals surface area contributed by atoms with Crippen molar-refractivity contribution in [3.63, 3.8) is 0 Å². The van der Waals surface area contributed by atoms with E-state index >= 15 is 0 Å². The van der Waals surface area contributed by atoms with Crippen molar-refractivity contribution in [2.45, 2.75) is 18.8 Å². The number of rotatable bonds is 3. The summed E-state index contributed by atoms with van der Waals surface area (Å²) in [4.78, 5) is 18.4. The van der Waals surface area contributed by atoms with Crippen molar-refractivity contribution in [1.82, 2.24) is 20.3 Å². The van der Waals surface area contributed by atoms with Gasteiger partial charge in [-0.3, -0.25) is 9.89 Å². The number of ether oxygens (including phenoxy) is 1. The van der Waals surface area contributed by atoms with Crippen LogP contribution in [0.5, 0.6) is 5.75 Å². The van der Waals surface area contributed by atoms with E-state index in [4.69, 9.17) is 9.26 Å². The van der Waals surface area contributed by atoms with Crippen LogP contribution < -0.4 is 9.64 Å². The zero-order chi connectivity index (χ0) is 16.8. The number of aromatic nitrogens is 4. The number of hydrogen-bond donors (Lipinski definition) is 1. The van der Waals surface area contributed by atoms with Crippen LogP contribution in [0, 0.1) is 0 Å². The Morgan fingerprint density at radius 2 is 2.28 bits per heavy atom. The first-order chi connectivity index (χ1) is 12.3. The van der Waals surface area contributed by atoms with E-state index in [0.717, 1.165) is 29.0 Å². The van der Waals surface area contributed by atoms with Crippen molar-refractivity contribution in [2.75, 3.05) is 18.1 Å². The summed E-state index contributed by atoms with van der Waals surface area (Å²) in [6.45, 7) is 1.22. The summed E-state index contributed by atoms with van der Waals surface area (Å²) in [6.07, 6.45) is 4.58. The molecule has 1 saturated heterocycles. The standard InChI is InChI=1S/C17H15N5O3/c23-15-6-12(9-22(15)13-7-18-19-8-13)17-20-16(21-25-17)11-1-2-14-10(5-11)3-4-24-14/h1-2,5,7-8,12H,3-4,6,9H2,(H,18,19). The van der Waals surface area contributed by atoms with Crippen LogP contribution in [0.2, 0.25) is 0 Å². The molecule has 2 aromatic heterocycles. The molecule has 0 bridgehead atoms. The van der Waals surface area contributed by atoms with Crippen molar-refractivity contribution >= 4 is 11.6 Å². The average Bonchev–Trinajstić information content (AvgIpc) is 3.39. The number of anilines is 1. The van der Waals surface area contributed by atoms with Gasteiger partial charge >= 0.3 is 0 Å². The minimum Gasteiger partial charge on any atom is -0.493 e. The van der Waals surface area contributed by atoms with Crippen molar-refractivity contribution < 1.29 is 14.1 Å². The molecule has 5 rings (SSSR count). The van der Waals surface area contributed by atoms with Crippen LogP contribution in [0.4, 0.5) is 5.69 Å². The first-order valence-corrected chi connectivity index (χ1v) is 8.17. The summed E-state index contributed by atoms with van der Waals surface area (Å²) in [6, 6.07) is 5.90. The molecule has 25 heavy (non-hydrogen) atoms. The molecule has 3 aromatic rings. The summed E-state index contributed by atoms with van der Waals surface area (Å²) >= 11 is 0. The molecule has 1 N–H and O–H groups in total. The highest BCUT2D eigenvalue weighted by Gasteiger charge is 2.35. The van der Waals surface area contributed by atoms with Crippen LogP contribution in [0.15, 0.2) is 35.1 Å². The summed E-state index contributed by atoms with van der Waals surface area (Å²) in [5.41, 5.74) is 2.81. The number of fused-ring (bicyclic) bond motifs is 1. The van der Waals surface area contributed by atoms with Gasteiger partial charge in [-0.1, -0.05) is 5.16 Å². The minimum absolute atomic E-state index is 0.0285. The van der Waals surface area contributed by atoms with E-state index in [2.05, 4.69) is 20.3 Å².